The molecule has 0 aromatic carbocycles. The number of carbonyl (C=O) groups excluding carboxylic acids is 2. The van der Waals surface area contributed by atoms with Gasteiger partial charge in [-0.15, -0.1) is 11.3 Å². The predicted molar refractivity (Wildman–Crippen MR) is 68.4 cm³/mol. The third kappa shape index (κ3) is 3.51. The number of thiazole rings is 1. The van der Waals surface area contributed by atoms with Gasteiger partial charge in [-0.25, -0.2) is 4.98 Å². The fourth-order valence-electron chi connectivity index (χ4n) is 1.60. The smallest absolute Gasteiger partial charge is 0.323 e. The Morgan fingerprint density at radius 1 is 1.37 bits per heavy atom. The van der Waals surface area contributed by atoms with E-state index in [9.17, 15) is 14.7 Å². The summed E-state index contributed by atoms with van der Waals surface area (Å²) in [5.41, 5.74) is -1.76. The maximum atomic E-state index is 11.9. The zero-order valence-corrected chi connectivity index (χ0v) is 11.9. The number of aliphatic hydroxyl groups is 1. The topological polar surface area (TPSA) is 85.7 Å². The van der Waals surface area contributed by atoms with Crippen LogP contribution in [0.15, 0.2) is 11.6 Å². The van der Waals surface area contributed by atoms with Gasteiger partial charge in [0.25, 0.3) is 0 Å². The number of aromatic nitrogens is 1. The summed E-state index contributed by atoms with van der Waals surface area (Å²) in [6, 6.07) is 0. The van der Waals surface area contributed by atoms with Gasteiger partial charge in [-0.3, -0.25) is 9.59 Å². The lowest BCUT2D eigenvalue weighted by Gasteiger charge is -2.27. The first kappa shape index (κ1) is 15.6. The van der Waals surface area contributed by atoms with Crippen molar-refractivity contribution < 1.29 is 24.2 Å². The van der Waals surface area contributed by atoms with Gasteiger partial charge in [-0.05, 0) is 20.8 Å². The molecule has 0 bridgehead atoms. The van der Waals surface area contributed by atoms with Crippen LogP contribution in [0.5, 0.6) is 0 Å². The molecule has 0 aliphatic carbocycles. The highest BCUT2D eigenvalue weighted by Gasteiger charge is 2.48. The molecule has 1 N–H and O–H groups in total. The Hall–Kier alpha value is -1.47. The Morgan fingerprint density at radius 3 is 2.26 bits per heavy atom. The highest BCUT2D eigenvalue weighted by molar-refractivity contribution is 7.09. The first-order valence-corrected chi connectivity index (χ1v) is 6.78. The molecule has 1 unspecified atom stereocenters. The van der Waals surface area contributed by atoms with Crippen molar-refractivity contribution in [2.24, 2.45) is 5.92 Å². The number of nitrogens with zero attached hydrogens (tertiary/aromatic N) is 1. The number of hydrogen-bond donors (Lipinski definition) is 1. The second-order valence-corrected chi connectivity index (χ2v) is 4.82. The van der Waals surface area contributed by atoms with Crippen LogP contribution in [0.2, 0.25) is 0 Å². The Kier molecular flexibility index (Phi) is 5.44. The lowest BCUT2D eigenvalue weighted by molar-refractivity contribution is -0.174. The molecule has 1 aromatic rings. The summed E-state index contributed by atoms with van der Waals surface area (Å²) < 4.78 is 9.67. The number of carbonyl (C=O) groups is 2. The molecule has 1 rings (SSSR count). The normalized spacial score (nSPS) is 13.9. The molecule has 19 heavy (non-hydrogen) atoms. The maximum absolute atomic E-state index is 11.9. The molecule has 0 saturated heterocycles. The minimum atomic E-state index is -1.76. The molecule has 6 nitrogen and oxygen atoms in total. The monoisotopic (exact) mass is 287 g/mol. The zero-order valence-electron chi connectivity index (χ0n) is 11.1. The Labute approximate surface area is 115 Å². The fraction of sp³-hybridized carbons (Fsp3) is 0.583. The van der Waals surface area contributed by atoms with Crippen molar-refractivity contribution in [1.82, 2.24) is 4.98 Å². The highest BCUT2D eigenvalue weighted by atomic mass is 32.1. The largest absolute Gasteiger partial charge is 0.465 e. The van der Waals surface area contributed by atoms with Crippen molar-refractivity contribution in [1.29, 1.82) is 0 Å². The van der Waals surface area contributed by atoms with Gasteiger partial charge >= 0.3 is 11.9 Å². The number of rotatable bonds is 6. The average Bonchev–Trinajstić information content (AvgIpc) is 2.83. The number of hydrogen-bond acceptors (Lipinski definition) is 7. The van der Waals surface area contributed by atoms with Crippen LogP contribution in [0.1, 0.15) is 25.8 Å². The van der Waals surface area contributed by atoms with Gasteiger partial charge in [0, 0.05) is 11.6 Å². The van der Waals surface area contributed by atoms with E-state index < -0.39 is 23.5 Å². The molecule has 0 spiro atoms. The van der Waals surface area contributed by atoms with Crippen LogP contribution in [0.3, 0.4) is 0 Å². The number of ether oxygens (including phenoxy) is 2. The summed E-state index contributed by atoms with van der Waals surface area (Å²) in [5, 5.41) is 12.4. The third-order valence-electron chi connectivity index (χ3n) is 2.47. The van der Waals surface area contributed by atoms with E-state index in [0.717, 1.165) is 11.3 Å². The van der Waals surface area contributed by atoms with Gasteiger partial charge in [-0.1, -0.05) is 0 Å². The van der Waals surface area contributed by atoms with Crippen molar-refractivity contribution in [2.75, 3.05) is 13.2 Å². The van der Waals surface area contributed by atoms with Gasteiger partial charge in [0.1, 0.15) is 10.6 Å². The van der Waals surface area contributed by atoms with Crippen LogP contribution < -0.4 is 0 Å². The molecule has 0 aliphatic heterocycles. The molecule has 7 heteroatoms. The third-order valence-corrected chi connectivity index (χ3v) is 3.47. The van der Waals surface area contributed by atoms with Gasteiger partial charge in [0.15, 0.2) is 5.92 Å². The second-order valence-electron chi connectivity index (χ2n) is 3.92. The Balaban J connectivity index is 3.08. The van der Waals surface area contributed by atoms with E-state index in [2.05, 4.69) is 4.98 Å². The Morgan fingerprint density at radius 2 is 1.89 bits per heavy atom. The lowest BCUT2D eigenvalue weighted by Crippen LogP contribution is -2.44. The lowest BCUT2D eigenvalue weighted by atomic mass is 9.89. The van der Waals surface area contributed by atoms with Crippen LogP contribution >= 0.6 is 11.3 Å². The van der Waals surface area contributed by atoms with E-state index in [1.165, 1.54) is 13.1 Å². The van der Waals surface area contributed by atoms with Crippen LogP contribution in [0.25, 0.3) is 0 Å². The summed E-state index contributed by atoms with van der Waals surface area (Å²) in [6.07, 6.45) is 1.49. The summed E-state index contributed by atoms with van der Waals surface area (Å²) in [7, 11) is 0. The summed E-state index contributed by atoms with van der Waals surface area (Å²) in [4.78, 5) is 27.7. The van der Waals surface area contributed by atoms with E-state index in [-0.39, 0.29) is 18.2 Å². The van der Waals surface area contributed by atoms with E-state index in [1.807, 2.05) is 0 Å². The SMILES string of the molecule is CCOC(=O)C(C(=O)OCC)C(C)(O)c1nccs1. The predicted octanol–water partition coefficient (Wildman–Crippen LogP) is 1.09. The van der Waals surface area contributed by atoms with E-state index in [4.69, 9.17) is 9.47 Å². The van der Waals surface area contributed by atoms with E-state index in [1.54, 1.807) is 19.2 Å². The first-order chi connectivity index (χ1) is 8.95. The molecule has 1 heterocycles. The summed E-state index contributed by atoms with van der Waals surface area (Å²) in [6.45, 7) is 4.83. The molecule has 1 aromatic heterocycles. The quantitative estimate of drug-likeness (QED) is 0.622. The molecule has 0 amide bonds. The van der Waals surface area contributed by atoms with Crippen LogP contribution in [0, 0.1) is 5.92 Å². The fourth-order valence-corrected chi connectivity index (χ4v) is 2.33. The summed E-state index contributed by atoms with van der Waals surface area (Å²) >= 11 is 1.15. The molecule has 0 saturated carbocycles. The van der Waals surface area contributed by atoms with Crippen molar-refractivity contribution in [2.45, 2.75) is 26.4 Å². The molecule has 1 atom stereocenters. The molecule has 0 radical (unpaired) electrons. The highest BCUT2D eigenvalue weighted by Crippen LogP contribution is 2.32. The van der Waals surface area contributed by atoms with Crippen LogP contribution in [-0.2, 0) is 24.7 Å². The number of esters is 2. The minimum absolute atomic E-state index is 0.114. The van der Waals surface area contributed by atoms with Crippen molar-refractivity contribution >= 4 is 23.3 Å². The van der Waals surface area contributed by atoms with Gasteiger partial charge in [0.05, 0.1) is 13.2 Å². The van der Waals surface area contributed by atoms with Crippen molar-refractivity contribution in [3.05, 3.63) is 16.6 Å². The average molecular weight is 287 g/mol. The molecule has 0 fully saturated rings. The molecular weight excluding hydrogens is 270 g/mol. The minimum Gasteiger partial charge on any atom is -0.465 e. The second kappa shape index (κ2) is 6.63. The zero-order chi connectivity index (χ0) is 14.5. The molecular formula is C12H17NO5S. The van der Waals surface area contributed by atoms with Crippen LogP contribution in [-0.4, -0.2) is 35.2 Å². The van der Waals surface area contributed by atoms with E-state index in [0.29, 0.717) is 0 Å². The van der Waals surface area contributed by atoms with E-state index >= 15 is 0 Å². The van der Waals surface area contributed by atoms with Crippen molar-refractivity contribution in [3.63, 3.8) is 0 Å². The van der Waals surface area contributed by atoms with Gasteiger partial charge in [-0.2, -0.15) is 0 Å². The molecule has 106 valence electrons. The standard InChI is InChI=1S/C12H17NO5S/c1-4-17-9(14)8(10(15)18-5-2)12(3,16)11-13-6-7-19-11/h6-8,16H,4-5H2,1-3H3. The molecule has 0 aliphatic rings. The first-order valence-electron chi connectivity index (χ1n) is 5.90. The van der Waals surface area contributed by atoms with Gasteiger partial charge in [0.2, 0.25) is 0 Å². The van der Waals surface area contributed by atoms with Crippen molar-refractivity contribution in [3.8, 4) is 0 Å². The maximum Gasteiger partial charge on any atom is 0.323 e. The Bertz CT molecular complexity index is 411. The van der Waals surface area contributed by atoms with Gasteiger partial charge < -0.3 is 14.6 Å². The van der Waals surface area contributed by atoms with Crippen LogP contribution in [0.4, 0.5) is 0 Å². The summed E-state index contributed by atoms with van der Waals surface area (Å²) in [5.74, 6) is -3.08.